The maximum absolute atomic E-state index is 12.3. The van der Waals surface area contributed by atoms with E-state index in [2.05, 4.69) is 5.32 Å². The molecule has 0 bridgehead atoms. The van der Waals surface area contributed by atoms with Gasteiger partial charge in [-0.2, -0.15) is 0 Å². The van der Waals surface area contributed by atoms with E-state index in [1.165, 1.54) is 7.11 Å². The van der Waals surface area contributed by atoms with Gasteiger partial charge in [0.05, 0.1) is 26.4 Å². The molecule has 0 spiro atoms. The average Bonchev–Trinajstić information content (AvgIpc) is 2.73. The zero-order valence-corrected chi connectivity index (χ0v) is 16.0. The van der Waals surface area contributed by atoms with E-state index in [0.717, 1.165) is 11.1 Å². The fourth-order valence-electron chi connectivity index (χ4n) is 3.04. The van der Waals surface area contributed by atoms with Crippen LogP contribution in [0.15, 0.2) is 48.5 Å². The van der Waals surface area contributed by atoms with Gasteiger partial charge in [0, 0.05) is 19.6 Å². The molecule has 0 saturated carbocycles. The molecule has 2 aromatic rings. The molecule has 1 heterocycles. The van der Waals surface area contributed by atoms with Crippen molar-refractivity contribution in [2.24, 2.45) is 0 Å². The predicted molar refractivity (Wildman–Crippen MR) is 104 cm³/mol. The minimum absolute atomic E-state index is 0.107. The molecule has 1 unspecified atom stereocenters. The number of nitrogens with one attached hydrogen (secondary N) is 1. The Morgan fingerprint density at radius 2 is 2.07 bits per heavy atom. The third kappa shape index (κ3) is 5.61. The van der Waals surface area contributed by atoms with Crippen LogP contribution in [0.2, 0.25) is 0 Å². The van der Waals surface area contributed by atoms with Gasteiger partial charge >= 0.3 is 6.09 Å². The smallest absolute Gasteiger partial charge is 0.410 e. The van der Waals surface area contributed by atoms with Crippen LogP contribution in [0.1, 0.15) is 11.1 Å². The highest BCUT2D eigenvalue weighted by molar-refractivity contribution is 5.67. The molecular formula is C21H26N2O5. The molecule has 1 amide bonds. The fourth-order valence-corrected chi connectivity index (χ4v) is 3.04. The Bertz CT molecular complexity index is 769. The Morgan fingerprint density at radius 1 is 1.25 bits per heavy atom. The van der Waals surface area contributed by atoms with E-state index in [1.807, 2.05) is 36.4 Å². The van der Waals surface area contributed by atoms with Crippen molar-refractivity contribution >= 4 is 6.09 Å². The van der Waals surface area contributed by atoms with Gasteiger partial charge in [-0.25, -0.2) is 4.79 Å². The van der Waals surface area contributed by atoms with Crippen LogP contribution in [-0.2, 0) is 22.6 Å². The van der Waals surface area contributed by atoms with Crippen LogP contribution in [0.5, 0.6) is 11.5 Å². The molecule has 150 valence electrons. The third-order valence-electron chi connectivity index (χ3n) is 4.55. The highest BCUT2D eigenvalue weighted by Gasteiger charge is 2.25. The molecule has 1 saturated heterocycles. The van der Waals surface area contributed by atoms with Gasteiger partial charge in [-0.05, 0) is 23.3 Å². The highest BCUT2D eigenvalue weighted by Crippen LogP contribution is 2.26. The van der Waals surface area contributed by atoms with Crippen molar-refractivity contribution in [1.29, 1.82) is 0 Å². The minimum atomic E-state index is -0.322. The summed E-state index contributed by atoms with van der Waals surface area (Å²) in [5.74, 6) is 0.562. The normalized spacial score (nSPS) is 16.6. The zero-order chi connectivity index (χ0) is 19.8. The lowest BCUT2D eigenvalue weighted by Gasteiger charge is -2.32. The van der Waals surface area contributed by atoms with E-state index >= 15 is 0 Å². The summed E-state index contributed by atoms with van der Waals surface area (Å²) in [6.45, 7) is 2.92. The summed E-state index contributed by atoms with van der Waals surface area (Å²) >= 11 is 0. The summed E-state index contributed by atoms with van der Waals surface area (Å²) in [6.07, 6.45) is -0.429. The average molecular weight is 386 g/mol. The van der Waals surface area contributed by atoms with E-state index in [-0.39, 0.29) is 24.6 Å². The summed E-state index contributed by atoms with van der Waals surface area (Å²) in [5, 5.41) is 13.1. The third-order valence-corrected chi connectivity index (χ3v) is 4.55. The number of carbonyl (C=O) groups is 1. The lowest BCUT2D eigenvalue weighted by Crippen LogP contribution is -2.49. The first-order chi connectivity index (χ1) is 13.7. The van der Waals surface area contributed by atoms with Gasteiger partial charge in [-0.3, -0.25) is 0 Å². The SMILES string of the molecule is COc1ccc(CNCC2CN(C(=O)OCc3ccccc3)CCO2)cc1O. The summed E-state index contributed by atoms with van der Waals surface area (Å²) in [7, 11) is 1.52. The maximum Gasteiger partial charge on any atom is 0.410 e. The molecule has 0 radical (unpaired) electrons. The lowest BCUT2D eigenvalue weighted by atomic mass is 10.2. The Morgan fingerprint density at radius 3 is 2.82 bits per heavy atom. The lowest BCUT2D eigenvalue weighted by molar-refractivity contribution is -0.0271. The first-order valence-electron chi connectivity index (χ1n) is 9.29. The molecule has 28 heavy (non-hydrogen) atoms. The second-order valence-electron chi connectivity index (χ2n) is 6.62. The van der Waals surface area contributed by atoms with Crippen molar-refractivity contribution in [3.8, 4) is 11.5 Å². The van der Waals surface area contributed by atoms with Gasteiger partial charge < -0.3 is 29.5 Å². The van der Waals surface area contributed by atoms with Gasteiger partial charge in [0.25, 0.3) is 0 Å². The van der Waals surface area contributed by atoms with Gasteiger partial charge in [0.1, 0.15) is 6.61 Å². The molecule has 1 fully saturated rings. The van der Waals surface area contributed by atoms with Gasteiger partial charge in [0.15, 0.2) is 11.5 Å². The molecule has 0 aromatic heterocycles. The summed E-state index contributed by atoms with van der Waals surface area (Å²) in [5.41, 5.74) is 1.90. The van der Waals surface area contributed by atoms with E-state index in [0.29, 0.717) is 38.5 Å². The zero-order valence-electron chi connectivity index (χ0n) is 16.0. The van der Waals surface area contributed by atoms with Crippen LogP contribution in [0.4, 0.5) is 4.79 Å². The number of phenols is 1. The number of hydrogen-bond acceptors (Lipinski definition) is 6. The second-order valence-corrected chi connectivity index (χ2v) is 6.62. The number of nitrogens with zero attached hydrogens (tertiary/aromatic N) is 1. The van der Waals surface area contributed by atoms with Crippen LogP contribution in [0.3, 0.4) is 0 Å². The number of amides is 1. The van der Waals surface area contributed by atoms with E-state index < -0.39 is 0 Å². The van der Waals surface area contributed by atoms with Gasteiger partial charge in [-0.15, -0.1) is 0 Å². The van der Waals surface area contributed by atoms with Crippen molar-refractivity contribution in [1.82, 2.24) is 10.2 Å². The van der Waals surface area contributed by atoms with Crippen LogP contribution in [0, 0.1) is 0 Å². The molecule has 0 aliphatic carbocycles. The van der Waals surface area contributed by atoms with E-state index in [9.17, 15) is 9.90 Å². The van der Waals surface area contributed by atoms with Crippen LogP contribution < -0.4 is 10.1 Å². The number of phenolic OH excluding ortho intramolecular Hbond substituents is 1. The molecule has 2 aromatic carbocycles. The van der Waals surface area contributed by atoms with Crippen LogP contribution >= 0.6 is 0 Å². The van der Waals surface area contributed by atoms with Crippen LogP contribution in [0.25, 0.3) is 0 Å². The summed E-state index contributed by atoms with van der Waals surface area (Å²) in [4.78, 5) is 14.0. The van der Waals surface area contributed by atoms with E-state index in [4.69, 9.17) is 14.2 Å². The predicted octanol–water partition coefficient (Wildman–Crippen LogP) is 2.53. The number of morpholine rings is 1. The number of methoxy groups -OCH3 is 1. The standard InChI is InChI=1S/C21H26N2O5/c1-26-20-8-7-17(11-19(20)24)12-22-13-18-14-23(9-10-27-18)21(25)28-15-16-5-3-2-4-6-16/h2-8,11,18,22,24H,9-10,12-15H2,1H3. The molecule has 2 N–H and O–H groups in total. The second kappa shape index (κ2) is 9.96. The van der Waals surface area contributed by atoms with Gasteiger partial charge in [0.2, 0.25) is 0 Å². The molecule has 3 rings (SSSR count). The first kappa shape index (κ1) is 20.0. The largest absolute Gasteiger partial charge is 0.504 e. The molecule has 1 aliphatic heterocycles. The topological polar surface area (TPSA) is 80.3 Å². The van der Waals surface area contributed by atoms with Crippen molar-refractivity contribution < 1.29 is 24.1 Å². The number of ether oxygens (including phenoxy) is 3. The quantitative estimate of drug-likeness (QED) is 0.761. The molecule has 1 aliphatic rings. The summed E-state index contributed by atoms with van der Waals surface area (Å²) < 4.78 is 16.2. The Hall–Kier alpha value is -2.77. The molecule has 1 atom stereocenters. The first-order valence-corrected chi connectivity index (χ1v) is 9.29. The number of carbonyl (C=O) groups excluding carboxylic acids is 1. The minimum Gasteiger partial charge on any atom is -0.504 e. The van der Waals surface area contributed by atoms with Crippen LogP contribution in [-0.4, -0.2) is 55.6 Å². The maximum atomic E-state index is 12.3. The number of hydrogen-bond donors (Lipinski definition) is 2. The summed E-state index contributed by atoms with van der Waals surface area (Å²) in [6, 6.07) is 14.9. The highest BCUT2D eigenvalue weighted by atomic mass is 16.6. The van der Waals surface area contributed by atoms with Crippen molar-refractivity contribution in [3.05, 3.63) is 59.7 Å². The Kier molecular flexibility index (Phi) is 7.11. The molecular weight excluding hydrogens is 360 g/mol. The number of aromatic hydroxyl groups is 1. The fraction of sp³-hybridized carbons (Fsp3) is 0.381. The van der Waals surface area contributed by atoms with Crippen molar-refractivity contribution in [3.63, 3.8) is 0 Å². The number of benzene rings is 2. The Labute approximate surface area is 164 Å². The van der Waals surface area contributed by atoms with Crippen molar-refractivity contribution in [2.45, 2.75) is 19.3 Å². The Balaban J connectivity index is 1.41. The number of rotatable bonds is 7. The molecule has 7 heteroatoms. The van der Waals surface area contributed by atoms with Crippen molar-refractivity contribution in [2.75, 3.05) is 33.4 Å². The van der Waals surface area contributed by atoms with E-state index in [1.54, 1.807) is 17.0 Å². The monoisotopic (exact) mass is 386 g/mol. The van der Waals surface area contributed by atoms with Gasteiger partial charge in [-0.1, -0.05) is 36.4 Å². The molecule has 7 nitrogen and oxygen atoms in total.